The van der Waals surface area contributed by atoms with Gasteiger partial charge in [0.1, 0.15) is 10.5 Å². The van der Waals surface area contributed by atoms with Gasteiger partial charge in [-0.1, -0.05) is 49.2 Å². The number of benzene rings is 2. The number of aromatic nitrogens is 1. The Bertz CT molecular complexity index is 1410. The summed E-state index contributed by atoms with van der Waals surface area (Å²) in [6, 6.07) is 17.2. The van der Waals surface area contributed by atoms with Gasteiger partial charge in [0.05, 0.1) is 28.6 Å². The Kier molecular flexibility index (Phi) is 6.09. The van der Waals surface area contributed by atoms with Crippen LogP contribution in [0.2, 0.25) is 0 Å². The number of thiazole rings is 1. The molecule has 0 bridgehead atoms. The molecule has 1 aliphatic carbocycles. The SMILES string of the molecule is Cc1nc(-c2ccccc2)c(C(=O)N2C[C@@H]3CCCC[C@@H]3[C@H]2CNC(=O)c2cccc3occc23)s1. The zero-order valence-electron chi connectivity index (χ0n) is 20.3. The van der Waals surface area contributed by atoms with Gasteiger partial charge < -0.3 is 14.6 Å². The summed E-state index contributed by atoms with van der Waals surface area (Å²) in [5, 5.41) is 4.84. The summed E-state index contributed by atoms with van der Waals surface area (Å²) in [6.07, 6.45) is 6.23. The number of likely N-dealkylation sites (tertiary alicyclic amines) is 1. The minimum Gasteiger partial charge on any atom is -0.464 e. The predicted octanol–water partition coefficient (Wildman–Crippen LogP) is 5.93. The van der Waals surface area contributed by atoms with Crippen molar-refractivity contribution in [1.29, 1.82) is 0 Å². The molecule has 3 atom stereocenters. The second-order valence-electron chi connectivity index (χ2n) is 9.86. The molecule has 2 amide bonds. The fourth-order valence-corrected chi connectivity index (χ4v) is 6.96. The summed E-state index contributed by atoms with van der Waals surface area (Å²) < 4.78 is 5.47. The number of furan rings is 1. The molecule has 2 aromatic carbocycles. The van der Waals surface area contributed by atoms with Gasteiger partial charge in [-0.15, -0.1) is 11.3 Å². The third-order valence-electron chi connectivity index (χ3n) is 7.74. The molecular formula is C29H29N3O3S. The van der Waals surface area contributed by atoms with E-state index in [-0.39, 0.29) is 17.9 Å². The van der Waals surface area contributed by atoms with E-state index in [1.54, 1.807) is 6.26 Å². The lowest BCUT2D eigenvalue weighted by molar-refractivity contribution is 0.0708. The van der Waals surface area contributed by atoms with E-state index in [0.29, 0.717) is 34.4 Å². The Morgan fingerprint density at radius 1 is 1.08 bits per heavy atom. The third-order valence-corrected chi connectivity index (χ3v) is 8.70. The molecule has 6 rings (SSSR count). The topological polar surface area (TPSA) is 75.4 Å². The van der Waals surface area contributed by atoms with Gasteiger partial charge in [-0.25, -0.2) is 4.98 Å². The first-order chi connectivity index (χ1) is 17.6. The quantitative estimate of drug-likeness (QED) is 0.370. The van der Waals surface area contributed by atoms with E-state index in [4.69, 9.17) is 9.40 Å². The van der Waals surface area contributed by atoms with Crippen molar-refractivity contribution in [3.05, 3.63) is 76.3 Å². The van der Waals surface area contributed by atoms with E-state index in [1.807, 2.05) is 66.4 Å². The second-order valence-corrected chi connectivity index (χ2v) is 11.1. The summed E-state index contributed by atoms with van der Waals surface area (Å²) in [5.74, 6) is 0.787. The first-order valence-corrected chi connectivity index (χ1v) is 13.5. The number of hydrogen-bond acceptors (Lipinski definition) is 5. The van der Waals surface area contributed by atoms with Crippen molar-refractivity contribution in [3.8, 4) is 11.3 Å². The zero-order chi connectivity index (χ0) is 24.6. The Balaban J connectivity index is 1.28. The Labute approximate surface area is 214 Å². The maximum absolute atomic E-state index is 14.0. The van der Waals surface area contributed by atoms with E-state index in [0.717, 1.165) is 41.0 Å². The van der Waals surface area contributed by atoms with Gasteiger partial charge in [-0.2, -0.15) is 0 Å². The highest BCUT2D eigenvalue weighted by molar-refractivity contribution is 7.14. The van der Waals surface area contributed by atoms with Crippen LogP contribution in [0.3, 0.4) is 0 Å². The highest BCUT2D eigenvalue weighted by atomic mass is 32.1. The average Bonchev–Trinajstić information content (AvgIpc) is 3.64. The number of nitrogens with zero attached hydrogens (tertiary/aromatic N) is 2. The van der Waals surface area contributed by atoms with Gasteiger partial charge in [0.2, 0.25) is 0 Å². The van der Waals surface area contributed by atoms with Gasteiger partial charge in [0.25, 0.3) is 11.8 Å². The number of fused-ring (bicyclic) bond motifs is 2. The molecule has 6 nitrogen and oxygen atoms in total. The van der Waals surface area contributed by atoms with Crippen molar-refractivity contribution < 1.29 is 14.0 Å². The maximum atomic E-state index is 14.0. The molecule has 184 valence electrons. The lowest BCUT2D eigenvalue weighted by Gasteiger charge is -2.30. The standard InChI is InChI=1S/C29H29N3O3S/c1-18-31-26(19-8-3-2-4-9-19)27(36-18)29(34)32-17-20-10-5-6-11-21(20)24(32)16-30-28(33)23-12-7-13-25-22(23)14-15-35-25/h2-4,7-9,12-15,20-21,24H,5-6,10-11,16-17H2,1H3,(H,30,33)/t20-,21-,24+/m0/s1. The summed E-state index contributed by atoms with van der Waals surface area (Å²) in [5.41, 5.74) is 3.01. The predicted molar refractivity (Wildman–Crippen MR) is 141 cm³/mol. The van der Waals surface area contributed by atoms with Crippen LogP contribution in [0.25, 0.3) is 22.2 Å². The molecule has 3 heterocycles. The minimum atomic E-state index is -0.132. The van der Waals surface area contributed by atoms with Gasteiger partial charge in [-0.05, 0) is 49.8 Å². The molecule has 7 heteroatoms. The summed E-state index contributed by atoms with van der Waals surface area (Å²) in [7, 11) is 0. The number of rotatable bonds is 5. The smallest absolute Gasteiger partial charge is 0.266 e. The molecule has 0 radical (unpaired) electrons. The average molecular weight is 500 g/mol. The molecule has 2 aromatic heterocycles. The van der Waals surface area contributed by atoms with Crippen LogP contribution in [0.1, 0.15) is 50.7 Å². The van der Waals surface area contributed by atoms with Crippen LogP contribution in [0.4, 0.5) is 0 Å². The highest BCUT2D eigenvalue weighted by Gasteiger charge is 2.45. The van der Waals surface area contributed by atoms with Crippen LogP contribution in [0, 0.1) is 18.8 Å². The van der Waals surface area contributed by atoms with Crippen LogP contribution in [-0.4, -0.2) is 40.8 Å². The first-order valence-electron chi connectivity index (χ1n) is 12.7. The van der Waals surface area contributed by atoms with Gasteiger partial charge in [0, 0.05) is 24.0 Å². The van der Waals surface area contributed by atoms with Crippen molar-refractivity contribution in [1.82, 2.24) is 15.2 Å². The fourth-order valence-electron chi connectivity index (χ4n) is 6.06. The molecule has 1 N–H and O–H groups in total. The molecule has 1 saturated heterocycles. The Hall–Kier alpha value is -3.45. The van der Waals surface area contributed by atoms with E-state index in [2.05, 4.69) is 5.32 Å². The van der Waals surface area contributed by atoms with Crippen molar-refractivity contribution >= 4 is 34.1 Å². The molecule has 2 fully saturated rings. The number of carbonyl (C=O) groups is 2. The van der Waals surface area contributed by atoms with Crippen LogP contribution >= 0.6 is 11.3 Å². The van der Waals surface area contributed by atoms with Crippen molar-refractivity contribution in [3.63, 3.8) is 0 Å². The molecule has 0 unspecified atom stereocenters. The van der Waals surface area contributed by atoms with E-state index in [9.17, 15) is 9.59 Å². The fraction of sp³-hybridized carbons (Fsp3) is 0.345. The number of hydrogen-bond donors (Lipinski definition) is 1. The minimum absolute atomic E-state index is 0.0265. The van der Waals surface area contributed by atoms with Crippen LogP contribution in [0.5, 0.6) is 0 Å². The molecule has 1 aliphatic heterocycles. The van der Waals surface area contributed by atoms with Crippen LogP contribution < -0.4 is 5.32 Å². The highest BCUT2D eigenvalue weighted by Crippen LogP contribution is 2.42. The van der Waals surface area contributed by atoms with Crippen LogP contribution in [-0.2, 0) is 0 Å². The lowest BCUT2D eigenvalue weighted by Crippen LogP contribution is -2.45. The van der Waals surface area contributed by atoms with Crippen molar-refractivity contribution in [2.75, 3.05) is 13.1 Å². The van der Waals surface area contributed by atoms with Gasteiger partial charge in [0.15, 0.2) is 0 Å². The zero-order valence-corrected chi connectivity index (χ0v) is 21.1. The number of amides is 2. The number of aryl methyl sites for hydroxylation is 1. The summed E-state index contributed by atoms with van der Waals surface area (Å²) in [6.45, 7) is 3.14. The monoisotopic (exact) mass is 499 g/mol. The first kappa shape index (κ1) is 23.0. The van der Waals surface area contributed by atoms with Crippen molar-refractivity contribution in [2.45, 2.75) is 38.6 Å². The number of nitrogens with one attached hydrogen (secondary N) is 1. The number of carbonyl (C=O) groups excluding carboxylic acids is 2. The molecular weight excluding hydrogens is 470 g/mol. The third kappa shape index (κ3) is 4.11. The molecule has 4 aromatic rings. The summed E-state index contributed by atoms with van der Waals surface area (Å²) >= 11 is 1.46. The lowest BCUT2D eigenvalue weighted by atomic mass is 9.78. The second kappa shape index (κ2) is 9.54. The van der Waals surface area contributed by atoms with Crippen LogP contribution in [0.15, 0.2) is 65.3 Å². The van der Waals surface area contributed by atoms with E-state index >= 15 is 0 Å². The van der Waals surface area contributed by atoms with E-state index < -0.39 is 0 Å². The van der Waals surface area contributed by atoms with E-state index in [1.165, 1.54) is 24.2 Å². The Morgan fingerprint density at radius 2 is 1.92 bits per heavy atom. The Morgan fingerprint density at radius 3 is 2.78 bits per heavy atom. The molecule has 0 spiro atoms. The normalized spacial score (nSPS) is 21.5. The maximum Gasteiger partial charge on any atom is 0.266 e. The molecule has 2 aliphatic rings. The van der Waals surface area contributed by atoms with Gasteiger partial charge >= 0.3 is 0 Å². The van der Waals surface area contributed by atoms with Gasteiger partial charge in [-0.3, -0.25) is 9.59 Å². The largest absolute Gasteiger partial charge is 0.464 e. The summed E-state index contributed by atoms with van der Waals surface area (Å²) in [4.78, 5) is 34.7. The van der Waals surface area contributed by atoms with Crippen molar-refractivity contribution in [2.24, 2.45) is 11.8 Å². The molecule has 1 saturated carbocycles. The molecule has 36 heavy (non-hydrogen) atoms.